The number of hydrogen-bond acceptors (Lipinski definition) is 4. The lowest BCUT2D eigenvalue weighted by atomic mass is 10.1. The number of carbonyl (C=O) groups is 1. The van der Waals surface area contributed by atoms with Gasteiger partial charge in [0.15, 0.2) is 0 Å². The number of aliphatic hydroxyl groups is 1. The van der Waals surface area contributed by atoms with Gasteiger partial charge in [-0.25, -0.2) is 4.79 Å². The Morgan fingerprint density at radius 2 is 2.05 bits per heavy atom. The molecule has 4 heteroatoms. The van der Waals surface area contributed by atoms with Crippen molar-refractivity contribution >= 4 is 5.97 Å². The van der Waals surface area contributed by atoms with Gasteiger partial charge < -0.3 is 15.2 Å². The second-order valence-corrected chi connectivity index (χ2v) is 4.98. The average molecular weight is 279 g/mol. The number of benzene rings is 1. The first kappa shape index (κ1) is 16.7. The number of carbonyl (C=O) groups excluding carboxylic acids is 1. The Bertz CT molecular complexity index is 381. The van der Waals surface area contributed by atoms with Crippen molar-refractivity contribution in [1.29, 1.82) is 0 Å². The summed E-state index contributed by atoms with van der Waals surface area (Å²) in [4.78, 5) is 12.0. The Morgan fingerprint density at radius 3 is 2.65 bits per heavy atom. The molecule has 4 nitrogen and oxygen atoms in total. The van der Waals surface area contributed by atoms with E-state index in [1.807, 2.05) is 44.2 Å². The maximum atomic E-state index is 12.0. The number of rotatable bonds is 9. The highest BCUT2D eigenvalue weighted by atomic mass is 16.5. The van der Waals surface area contributed by atoms with Crippen LogP contribution in [0.15, 0.2) is 30.3 Å². The molecular formula is C16H25NO3. The van der Waals surface area contributed by atoms with Crippen molar-refractivity contribution in [2.45, 2.75) is 32.7 Å². The molecule has 20 heavy (non-hydrogen) atoms. The molecule has 2 N–H and O–H groups in total. The van der Waals surface area contributed by atoms with Crippen LogP contribution in [-0.4, -0.2) is 30.8 Å². The molecular weight excluding hydrogens is 254 g/mol. The van der Waals surface area contributed by atoms with Crippen LogP contribution in [0.5, 0.6) is 0 Å². The molecule has 0 spiro atoms. The molecule has 2 atom stereocenters. The zero-order valence-corrected chi connectivity index (χ0v) is 12.3. The summed E-state index contributed by atoms with van der Waals surface area (Å²) in [6.07, 6.45) is 1.86. The molecule has 0 saturated carbocycles. The van der Waals surface area contributed by atoms with Crippen LogP contribution in [-0.2, 0) is 9.53 Å². The largest absolute Gasteiger partial charge is 0.465 e. The average Bonchev–Trinajstić information content (AvgIpc) is 2.48. The van der Waals surface area contributed by atoms with E-state index < -0.39 is 6.04 Å². The Hall–Kier alpha value is -1.39. The van der Waals surface area contributed by atoms with Crippen LogP contribution < -0.4 is 5.32 Å². The zero-order valence-electron chi connectivity index (χ0n) is 12.3. The Balaban J connectivity index is 2.54. The standard InChI is InChI=1S/C16H25NO3/c1-3-20-16(19)15(14-9-5-4-6-10-14)17-11-7-8-13(2)12-18/h4-6,9-10,13,15,17-18H,3,7-8,11-12H2,1-2H3. The molecule has 0 aliphatic carbocycles. The van der Waals surface area contributed by atoms with Gasteiger partial charge in [0.05, 0.1) is 6.61 Å². The molecule has 1 aromatic rings. The first-order valence-corrected chi connectivity index (χ1v) is 7.24. The van der Waals surface area contributed by atoms with Crippen LogP contribution in [0.2, 0.25) is 0 Å². The van der Waals surface area contributed by atoms with Crippen LogP contribution in [0, 0.1) is 5.92 Å². The maximum Gasteiger partial charge on any atom is 0.327 e. The lowest BCUT2D eigenvalue weighted by Crippen LogP contribution is -2.31. The first-order chi connectivity index (χ1) is 9.69. The molecule has 0 saturated heterocycles. The molecule has 0 heterocycles. The van der Waals surface area contributed by atoms with E-state index in [-0.39, 0.29) is 12.6 Å². The maximum absolute atomic E-state index is 12.0. The molecule has 1 rings (SSSR count). The summed E-state index contributed by atoms with van der Waals surface area (Å²) in [5, 5.41) is 12.2. The van der Waals surface area contributed by atoms with Gasteiger partial charge in [0.1, 0.15) is 6.04 Å². The number of hydrogen-bond donors (Lipinski definition) is 2. The van der Waals surface area contributed by atoms with Gasteiger partial charge in [0, 0.05) is 6.61 Å². The van der Waals surface area contributed by atoms with E-state index in [4.69, 9.17) is 9.84 Å². The van der Waals surface area contributed by atoms with Gasteiger partial charge in [0.2, 0.25) is 0 Å². The van der Waals surface area contributed by atoms with Gasteiger partial charge in [-0.15, -0.1) is 0 Å². The van der Waals surface area contributed by atoms with Gasteiger partial charge in [0.25, 0.3) is 0 Å². The van der Waals surface area contributed by atoms with Crippen molar-refractivity contribution in [1.82, 2.24) is 5.32 Å². The lowest BCUT2D eigenvalue weighted by Gasteiger charge is -2.18. The van der Waals surface area contributed by atoms with E-state index in [2.05, 4.69) is 5.32 Å². The van der Waals surface area contributed by atoms with Crippen molar-refractivity contribution in [3.05, 3.63) is 35.9 Å². The van der Waals surface area contributed by atoms with E-state index in [1.165, 1.54) is 0 Å². The second kappa shape index (κ2) is 9.50. The minimum atomic E-state index is -0.416. The van der Waals surface area contributed by atoms with Crippen molar-refractivity contribution in [3.63, 3.8) is 0 Å². The van der Waals surface area contributed by atoms with Crippen LogP contribution in [0.1, 0.15) is 38.3 Å². The minimum absolute atomic E-state index is 0.208. The smallest absolute Gasteiger partial charge is 0.327 e. The second-order valence-electron chi connectivity index (χ2n) is 4.98. The molecule has 2 unspecified atom stereocenters. The van der Waals surface area contributed by atoms with Gasteiger partial charge in [-0.05, 0) is 37.8 Å². The zero-order chi connectivity index (χ0) is 14.8. The summed E-state index contributed by atoms with van der Waals surface area (Å²) in [6, 6.07) is 9.18. The van der Waals surface area contributed by atoms with Gasteiger partial charge >= 0.3 is 5.97 Å². The van der Waals surface area contributed by atoms with Gasteiger partial charge in [-0.3, -0.25) is 0 Å². The number of ether oxygens (including phenoxy) is 1. The summed E-state index contributed by atoms with van der Waals surface area (Å²) in [6.45, 7) is 5.14. The summed E-state index contributed by atoms with van der Waals surface area (Å²) < 4.78 is 5.12. The Labute approximate surface area is 121 Å². The minimum Gasteiger partial charge on any atom is -0.465 e. The summed E-state index contributed by atoms with van der Waals surface area (Å²) in [5.74, 6) is 0.0588. The summed E-state index contributed by atoms with van der Waals surface area (Å²) in [7, 11) is 0. The highest BCUT2D eigenvalue weighted by molar-refractivity contribution is 5.77. The van der Waals surface area contributed by atoms with E-state index in [9.17, 15) is 4.79 Å². The monoisotopic (exact) mass is 279 g/mol. The topological polar surface area (TPSA) is 58.6 Å². The third kappa shape index (κ3) is 5.72. The fraction of sp³-hybridized carbons (Fsp3) is 0.562. The van der Waals surface area contributed by atoms with E-state index in [0.717, 1.165) is 24.9 Å². The summed E-state index contributed by atoms with van der Waals surface area (Å²) >= 11 is 0. The fourth-order valence-corrected chi connectivity index (χ4v) is 2.00. The fourth-order valence-electron chi connectivity index (χ4n) is 2.00. The Kier molecular flexibility index (Phi) is 7.92. The molecule has 0 amide bonds. The van der Waals surface area contributed by atoms with Crippen molar-refractivity contribution in [2.24, 2.45) is 5.92 Å². The molecule has 0 aromatic heterocycles. The molecule has 0 aliphatic heterocycles. The van der Waals surface area contributed by atoms with Gasteiger partial charge in [-0.2, -0.15) is 0 Å². The van der Waals surface area contributed by atoms with Crippen molar-refractivity contribution in [3.8, 4) is 0 Å². The number of esters is 1. The third-order valence-electron chi connectivity index (χ3n) is 3.19. The first-order valence-electron chi connectivity index (χ1n) is 7.24. The highest BCUT2D eigenvalue weighted by Crippen LogP contribution is 2.15. The number of aliphatic hydroxyl groups excluding tert-OH is 1. The normalized spacial score (nSPS) is 13.8. The van der Waals surface area contributed by atoms with E-state index in [0.29, 0.717) is 12.5 Å². The van der Waals surface area contributed by atoms with Gasteiger partial charge in [-0.1, -0.05) is 37.3 Å². The van der Waals surface area contributed by atoms with Crippen LogP contribution >= 0.6 is 0 Å². The van der Waals surface area contributed by atoms with E-state index in [1.54, 1.807) is 0 Å². The number of nitrogens with one attached hydrogen (secondary N) is 1. The quantitative estimate of drug-likeness (QED) is 0.538. The predicted octanol–water partition coefficient (Wildman–Crippen LogP) is 2.29. The molecule has 0 aliphatic rings. The summed E-state index contributed by atoms with van der Waals surface area (Å²) in [5.41, 5.74) is 0.918. The van der Waals surface area contributed by atoms with Crippen LogP contribution in [0.3, 0.4) is 0 Å². The SMILES string of the molecule is CCOC(=O)C(NCCCC(C)CO)c1ccccc1. The predicted molar refractivity (Wildman–Crippen MR) is 79.3 cm³/mol. The lowest BCUT2D eigenvalue weighted by molar-refractivity contribution is -0.145. The molecule has 112 valence electrons. The molecule has 1 aromatic carbocycles. The van der Waals surface area contributed by atoms with Crippen molar-refractivity contribution in [2.75, 3.05) is 19.8 Å². The highest BCUT2D eigenvalue weighted by Gasteiger charge is 2.20. The van der Waals surface area contributed by atoms with E-state index >= 15 is 0 Å². The molecule has 0 bridgehead atoms. The van der Waals surface area contributed by atoms with Crippen molar-refractivity contribution < 1.29 is 14.6 Å². The Morgan fingerprint density at radius 1 is 1.35 bits per heavy atom. The van der Waals surface area contributed by atoms with Crippen LogP contribution in [0.25, 0.3) is 0 Å². The molecule has 0 radical (unpaired) electrons. The third-order valence-corrected chi connectivity index (χ3v) is 3.19. The van der Waals surface area contributed by atoms with Crippen LogP contribution in [0.4, 0.5) is 0 Å². The molecule has 0 fully saturated rings.